The number of fused-ring (bicyclic) bond motifs is 1. The molecule has 0 saturated carbocycles. The van der Waals surface area contributed by atoms with Crippen molar-refractivity contribution in [1.29, 1.82) is 0 Å². The number of anilines is 1. The van der Waals surface area contributed by atoms with Gasteiger partial charge < -0.3 is 15.0 Å². The average Bonchev–Trinajstić information content (AvgIpc) is 2.75. The number of amides is 2. The summed E-state index contributed by atoms with van der Waals surface area (Å²) in [6.07, 6.45) is -0.991. The average molecular weight is 415 g/mol. The molecule has 0 unspecified atom stereocenters. The molecule has 0 bridgehead atoms. The molecule has 2 amide bonds. The Balaban J connectivity index is 1.36. The van der Waals surface area contributed by atoms with Gasteiger partial charge in [-0.1, -0.05) is 30.3 Å². The fourth-order valence-corrected chi connectivity index (χ4v) is 4.88. The van der Waals surface area contributed by atoms with E-state index in [1.165, 1.54) is 4.31 Å². The highest BCUT2D eigenvalue weighted by molar-refractivity contribution is 7.89. The first kappa shape index (κ1) is 19.4. The normalized spacial score (nSPS) is 19.8. The molecule has 0 aromatic heterocycles. The third-order valence-corrected chi connectivity index (χ3v) is 6.95. The first-order valence-corrected chi connectivity index (χ1v) is 10.8. The van der Waals surface area contributed by atoms with Crippen LogP contribution in [0.25, 0.3) is 0 Å². The van der Waals surface area contributed by atoms with Crippen molar-refractivity contribution in [3.63, 3.8) is 0 Å². The number of hydrogen-bond donors (Lipinski definition) is 1. The molecule has 2 aliphatic heterocycles. The van der Waals surface area contributed by atoms with Crippen molar-refractivity contribution in [2.45, 2.75) is 17.4 Å². The van der Waals surface area contributed by atoms with Crippen molar-refractivity contribution in [1.82, 2.24) is 9.21 Å². The zero-order valence-electron chi connectivity index (χ0n) is 15.7. The quantitative estimate of drug-likeness (QED) is 0.812. The highest BCUT2D eigenvalue weighted by Crippen LogP contribution is 2.30. The molecule has 0 radical (unpaired) electrons. The van der Waals surface area contributed by atoms with Crippen LogP contribution in [0.5, 0.6) is 5.75 Å². The zero-order chi connectivity index (χ0) is 20.4. The van der Waals surface area contributed by atoms with Gasteiger partial charge in [0.15, 0.2) is 6.10 Å². The molecule has 1 fully saturated rings. The molecule has 2 aromatic carbocycles. The molecule has 29 heavy (non-hydrogen) atoms. The van der Waals surface area contributed by atoms with E-state index in [2.05, 4.69) is 5.32 Å². The van der Waals surface area contributed by atoms with Gasteiger partial charge in [-0.2, -0.15) is 4.31 Å². The minimum absolute atomic E-state index is 0.0917. The minimum atomic E-state index is -3.57. The maximum absolute atomic E-state index is 12.7. The molecule has 0 aliphatic carbocycles. The Morgan fingerprint density at radius 2 is 1.66 bits per heavy atom. The van der Waals surface area contributed by atoms with Gasteiger partial charge in [0.2, 0.25) is 15.9 Å². The number of ether oxygens (including phenoxy) is 1. The van der Waals surface area contributed by atoms with Crippen LogP contribution < -0.4 is 10.1 Å². The minimum Gasteiger partial charge on any atom is -0.478 e. The molecular formula is C20H21N3O5S. The molecule has 9 heteroatoms. The second kappa shape index (κ2) is 7.84. The molecule has 2 aliphatic rings. The zero-order valence-corrected chi connectivity index (χ0v) is 16.5. The van der Waals surface area contributed by atoms with E-state index in [0.29, 0.717) is 11.4 Å². The van der Waals surface area contributed by atoms with Crippen LogP contribution in [0.15, 0.2) is 59.5 Å². The Hall–Kier alpha value is -2.91. The van der Waals surface area contributed by atoms with Crippen molar-refractivity contribution in [2.75, 3.05) is 31.5 Å². The first-order valence-electron chi connectivity index (χ1n) is 9.35. The van der Waals surface area contributed by atoms with Crippen LogP contribution in [0.4, 0.5) is 5.69 Å². The van der Waals surface area contributed by atoms with Crippen LogP contribution >= 0.6 is 0 Å². The smallest absolute Gasteiger partial charge is 0.266 e. The van der Waals surface area contributed by atoms with E-state index in [1.807, 2.05) is 0 Å². The molecule has 0 spiro atoms. The molecule has 1 saturated heterocycles. The fourth-order valence-electron chi connectivity index (χ4n) is 3.43. The van der Waals surface area contributed by atoms with Gasteiger partial charge in [0.05, 0.1) is 17.0 Å². The van der Waals surface area contributed by atoms with Gasteiger partial charge in [0.25, 0.3) is 5.91 Å². The van der Waals surface area contributed by atoms with Crippen molar-refractivity contribution in [2.24, 2.45) is 0 Å². The van der Waals surface area contributed by atoms with E-state index in [9.17, 15) is 18.0 Å². The molecular weight excluding hydrogens is 394 g/mol. The number of rotatable bonds is 4. The summed E-state index contributed by atoms with van der Waals surface area (Å²) in [4.78, 5) is 26.7. The summed E-state index contributed by atoms with van der Waals surface area (Å²) < 4.78 is 32.4. The SMILES string of the molecule is O=C1Nc2ccccc2O[C@H]1CC(=O)N1CCN(S(=O)(=O)c2ccccc2)CC1. The number of nitrogens with one attached hydrogen (secondary N) is 1. The fraction of sp³-hybridized carbons (Fsp3) is 0.300. The Morgan fingerprint density at radius 1 is 1.00 bits per heavy atom. The van der Waals surface area contributed by atoms with Gasteiger partial charge in [-0.25, -0.2) is 8.42 Å². The van der Waals surface area contributed by atoms with Crippen LogP contribution in [-0.4, -0.2) is 61.7 Å². The van der Waals surface area contributed by atoms with Gasteiger partial charge in [-0.05, 0) is 24.3 Å². The van der Waals surface area contributed by atoms with Crippen molar-refractivity contribution < 1.29 is 22.7 Å². The van der Waals surface area contributed by atoms with Crippen LogP contribution in [0.1, 0.15) is 6.42 Å². The summed E-state index contributed by atoms with van der Waals surface area (Å²) in [6.45, 7) is 0.971. The van der Waals surface area contributed by atoms with E-state index < -0.39 is 16.1 Å². The number of sulfonamides is 1. The second-order valence-electron chi connectivity index (χ2n) is 6.89. The third-order valence-electron chi connectivity index (χ3n) is 5.04. The first-order chi connectivity index (χ1) is 13.9. The number of para-hydroxylation sites is 2. The van der Waals surface area contributed by atoms with Crippen LogP contribution in [0, 0.1) is 0 Å². The highest BCUT2D eigenvalue weighted by atomic mass is 32.2. The Labute approximate surface area is 169 Å². The van der Waals surface area contributed by atoms with E-state index in [4.69, 9.17) is 4.74 Å². The molecule has 4 rings (SSSR count). The molecule has 2 heterocycles. The van der Waals surface area contributed by atoms with E-state index in [0.717, 1.165) is 0 Å². The molecule has 2 aromatic rings. The number of hydrogen-bond acceptors (Lipinski definition) is 5. The molecule has 8 nitrogen and oxygen atoms in total. The van der Waals surface area contributed by atoms with Crippen molar-refractivity contribution in [3.05, 3.63) is 54.6 Å². The van der Waals surface area contributed by atoms with Crippen molar-refractivity contribution in [3.8, 4) is 5.75 Å². The van der Waals surface area contributed by atoms with Crippen LogP contribution in [0.2, 0.25) is 0 Å². The summed E-state index contributed by atoms with van der Waals surface area (Å²) in [5, 5.41) is 2.74. The lowest BCUT2D eigenvalue weighted by Crippen LogP contribution is -2.51. The van der Waals surface area contributed by atoms with E-state index >= 15 is 0 Å². The van der Waals surface area contributed by atoms with Gasteiger partial charge in [-0.3, -0.25) is 9.59 Å². The summed E-state index contributed by atoms with van der Waals surface area (Å²) in [5.41, 5.74) is 0.584. The second-order valence-corrected chi connectivity index (χ2v) is 8.83. The van der Waals surface area contributed by atoms with Gasteiger partial charge >= 0.3 is 0 Å². The lowest BCUT2D eigenvalue weighted by Gasteiger charge is -2.35. The third kappa shape index (κ3) is 3.96. The topological polar surface area (TPSA) is 96.0 Å². The van der Waals surface area contributed by atoms with Crippen LogP contribution in [-0.2, 0) is 19.6 Å². The predicted molar refractivity (Wildman–Crippen MR) is 106 cm³/mol. The van der Waals surface area contributed by atoms with Gasteiger partial charge in [0, 0.05) is 26.2 Å². The Kier molecular flexibility index (Phi) is 5.25. The lowest BCUT2D eigenvalue weighted by molar-refractivity contribution is -0.138. The monoisotopic (exact) mass is 415 g/mol. The largest absolute Gasteiger partial charge is 0.478 e. The molecule has 152 valence electrons. The Bertz CT molecular complexity index is 1020. The number of carbonyl (C=O) groups is 2. The van der Waals surface area contributed by atoms with E-state index in [-0.39, 0.29) is 49.3 Å². The Morgan fingerprint density at radius 3 is 2.38 bits per heavy atom. The summed E-state index contributed by atoms with van der Waals surface area (Å²) >= 11 is 0. The number of carbonyl (C=O) groups excluding carboxylic acids is 2. The number of piperazine rings is 1. The van der Waals surface area contributed by atoms with Gasteiger partial charge in [0.1, 0.15) is 5.75 Å². The molecule has 1 N–H and O–H groups in total. The summed E-state index contributed by atoms with van der Waals surface area (Å²) in [5.74, 6) is -0.0627. The van der Waals surface area contributed by atoms with Crippen LogP contribution in [0.3, 0.4) is 0 Å². The standard InChI is InChI=1S/C20H21N3O5S/c24-19(14-18-20(25)21-16-8-4-5-9-17(16)28-18)22-10-12-23(13-11-22)29(26,27)15-6-2-1-3-7-15/h1-9,18H,10-14H2,(H,21,25)/t18-/m0/s1. The number of nitrogens with zero attached hydrogens (tertiary/aromatic N) is 2. The maximum Gasteiger partial charge on any atom is 0.266 e. The summed E-state index contributed by atoms with van der Waals surface area (Å²) in [6, 6.07) is 15.3. The lowest BCUT2D eigenvalue weighted by atomic mass is 10.1. The molecule has 1 atom stereocenters. The van der Waals surface area contributed by atoms with E-state index in [1.54, 1.807) is 59.5 Å². The predicted octanol–water partition coefficient (Wildman–Crippen LogP) is 1.31. The number of benzene rings is 2. The van der Waals surface area contributed by atoms with Crippen molar-refractivity contribution >= 4 is 27.5 Å². The summed E-state index contributed by atoms with van der Waals surface area (Å²) in [7, 11) is -3.57. The highest BCUT2D eigenvalue weighted by Gasteiger charge is 2.34. The maximum atomic E-state index is 12.7. The van der Waals surface area contributed by atoms with Gasteiger partial charge in [-0.15, -0.1) is 0 Å².